The van der Waals surface area contributed by atoms with E-state index in [1.165, 1.54) is 55.5 Å². The fourth-order valence-electron chi connectivity index (χ4n) is 2.72. The van der Waals surface area contributed by atoms with Gasteiger partial charge in [-0.05, 0) is 49.4 Å². The molecule has 0 unspecified atom stereocenters. The first-order valence-electron chi connectivity index (χ1n) is 9.39. The monoisotopic (exact) mass is 497 g/mol. The van der Waals surface area contributed by atoms with Gasteiger partial charge < -0.3 is 14.8 Å². The number of amides is 1. The Bertz CT molecular complexity index is 1460. The van der Waals surface area contributed by atoms with Crippen LogP contribution in [0.4, 0.5) is 17.1 Å². The maximum absolute atomic E-state index is 12.4. The van der Waals surface area contributed by atoms with Crippen LogP contribution in [-0.4, -0.2) is 25.9 Å². The Kier molecular flexibility index (Phi) is 7.34. The summed E-state index contributed by atoms with van der Waals surface area (Å²) in [4.78, 5) is 22.9. The molecule has 0 radical (unpaired) electrons. The van der Waals surface area contributed by atoms with Crippen LogP contribution in [0.5, 0.6) is 17.2 Å². The highest BCUT2D eigenvalue weighted by Gasteiger charge is 2.15. The van der Waals surface area contributed by atoms with Crippen molar-refractivity contribution in [3.63, 3.8) is 0 Å². The maximum atomic E-state index is 12.4. The number of hydrogen-bond acceptors (Lipinski definition) is 6. The largest absolute Gasteiger partial charge is 0.480 e. The average molecular weight is 498 g/mol. The van der Waals surface area contributed by atoms with E-state index in [0.29, 0.717) is 5.02 Å². The first kappa shape index (κ1) is 24.5. The Morgan fingerprint density at radius 2 is 1.82 bits per heavy atom. The van der Waals surface area contributed by atoms with E-state index in [0.717, 1.165) is 0 Å². The van der Waals surface area contributed by atoms with Gasteiger partial charge in [-0.1, -0.05) is 17.7 Å². The summed E-state index contributed by atoms with van der Waals surface area (Å²) in [7, 11) is -3.97. The van der Waals surface area contributed by atoms with E-state index in [9.17, 15) is 13.2 Å². The van der Waals surface area contributed by atoms with Crippen LogP contribution < -0.4 is 19.9 Å². The number of nitrogens with one attached hydrogen (secondary N) is 1. The Balaban J connectivity index is 1.76. The molecule has 0 saturated carbocycles. The van der Waals surface area contributed by atoms with E-state index in [-0.39, 0.29) is 45.0 Å². The highest BCUT2D eigenvalue weighted by molar-refractivity contribution is 7.89. The van der Waals surface area contributed by atoms with Crippen molar-refractivity contribution in [1.82, 2.24) is 4.98 Å². The van der Waals surface area contributed by atoms with E-state index >= 15 is 0 Å². The highest BCUT2D eigenvalue weighted by atomic mass is 35.5. The summed E-state index contributed by atoms with van der Waals surface area (Å²) >= 11 is 6.02. The molecule has 3 N–H and O–H groups in total. The van der Waals surface area contributed by atoms with Crippen LogP contribution in [-0.2, 0) is 14.8 Å². The Labute approximate surface area is 200 Å². The van der Waals surface area contributed by atoms with Gasteiger partial charge in [0.1, 0.15) is 5.75 Å². The molecule has 0 aliphatic carbocycles. The first-order valence-corrected chi connectivity index (χ1v) is 11.3. The van der Waals surface area contributed by atoms with Gasteiger partial charge in [0.25, 0.3) is 15.9 Å². The summed E-state index contributed by atoms with van der Waals surface area (Å²) in [5.41, 5.74) is 1.08. The van der Waals surface area contributed by atoms with E-state index in [4.69, 9.17) is 39.4 Å². The molecule has 2 aromatic carbocycles. The van der Waals surface area contributed by atoms with Gasteiger partial charge >= 0.3 is 0 Å². The van der Waals surface area contributed by atoms with Crippen molar-refractivity contribution in [3.05, 3.63) is 82.1 Å². The number of rotatable bonds is 7. The zero-order valence-electron chi connectivity index (χ0n) is 17.6. The third-order valence-electron chi connectivity index (χ3n) is 4.25. The quantitative estimate of drug-likeness (QED) is 0.459. The lowest BCUT2D eigenvalue weighted by molar-refractivity contribution is -0.118. The second-order valence-corrected chi connectivity index (χ2v) is 8.71. The summed E-state index contributed by atoms with van der Waals surface area (Å²) in [6.07, 6.45) is 0. The number of nitrogens with zero attached hydrogens (tertiary/aromatic N) is 3. The molecule has 0 aliphatic heterocycles. The SMILES string of the molecule is [C-]#[N+]c1cc(Cl)cc(Oc2cc([N+]#[C-])ccc2OCC(=O)Nc2ccc(S(N)(=O)=O)nc2C)c1. The molecular weight excluding hydrogens is 482 g/mol. The number of halogens is 1. The molecule has 3 aromatic rings. The Hall–Kier alpha value is -4.16. The number of carbonyl (C=O) groups excluding carboxylic acids is 1. The van der Waals surface area contributed by atoms with Crippen molar-refractivity contribution in [1.29, 1.82) is 0 Å². The van der Waals surface area contributed by atoms with Gasteiger partial charge in [0.05, 0.1) is 24.5 Å². The summed E-state index contributed by atoms with van der Waals surface area (Å²) in [5.74, 6) is 0.0271. The maximum Gasteiger partial charge on any atom is 0.262 e. The van der Waals surface area contributed by atoms with Crippen molar-refractivity contribution < 1.29 is 22.7 Å². The van der Waals surface area contributed by atoms with Crippen molar-refractivity contribution in [2.24, 2.45) is 5.14 Å². The van der Waals surface area contributed by atoms with E-state index in [1.54, 1.807) is 0 Å². The molecule has 3 rings (SSSR count). The third-order valence-corrected chi connectivity index (χ3v) is 5.28. The standard InChI is InChI=1S/C22H16ClN5O5S/c1-13-18(5-7-22(27-13)34(24,30)31)28-21(29)12-32-19-6-4-15(25-2)11-20(19)33-17-9-14(23)8-16(10-17)26-3/h4-11H,12H2,1H3,(H,28,29)(H2,24,30,31). The number of anilines is 1. The molecule has 34 heavy (non-hydrogen) atoms. The predicted octanol–water partition coefficient (Wildman–Crippen LogP) is 4.60. The number of hydrogen-bond donors (Lipinski definition) is 2. The lowest BCUT2D eigenvalue weighted by Crippen LogP contribution is -2.21. The van der Waals surface area contributed by atoms with Crippen LogP contribution in [0.25, 0.3) is 9.69 Å². The number of sulfonamides is 1. The van der Waals surface area contributed by atoms with Crippen molar-refractivity contribution in [2.75, 3.05) is 11.9 Å². The second kappa shape index (κ2) is 10.2. The number of carbonyl (C=O) groups is 1. The van der Waals surface area contributed by atoms with E-state index in [2.05, 4.69) is 20.0 Å². The van der Waals surface area contributed by atoms with Gasteiger partial charge in [-0.25, -0.2) is 28.2 Å². The number of ether oxygens (including phenoxy) is 2. The lowest BCUT2D eigenvalue weighted by Gasteiger charge is -2.14. The van der Waals surface area contributed by atoms with Crippen LogP contribution in [0, 0.1) is 20.1 Å². The number of benzene rings is 2. The minimum Gasteiger partial charge on any atom is -0.480 e. The number of pyridine rings is 1. The molecule has 0 spiro atoms. The number of nitrogens with two attached hydrogens (primary N) is 1. The molecule has 0 saturated heterocycles. The van der Waals surface area contributed by atoms with Crippen LogP contribution >= 0.6 is 11.6 Å². The van der Waals surface area contributed by atoms with Gasteiger partial charge in [0, 0.05) is 5.02 Å². The minimum atomic E-state index is -3.97. The predicted molar refractivity (Wildman–Crippen MR) is 125 cm³/mol. The molecule has 10 nitrogen and oxygen atoms in total. The van der Waals surface area contributed by atoms with Crippen molar-refractivity contribution in [3.8, 4) is 17.2 Å². The number of primary sulfonamides is 1. The van der Waals surface area contributed by atoms with Crippen LogP contribution in [0.1, 0.15) is 5.69 Å². The Morgan fingerprint density at radius 1 is 1.09 bits per heavy atom. The highest BCUT2D eigenvalue weighted by Crippen LogP contribution is 2.37. The van der Waals surface area contributed by atoms with Crippen LogP contribution in [0.2, 0.25) is 5.02 Å². The summed E-state index contributed by atoms with van der Waals surface area (Å²) in [6, 6.07) is 11.4. The van der Waals surface area contributed by atoms with Gasteiger partial charge in [-0.2, -0.15) is 0 Å². The third kappa shape index (κ3) is 6.21. The number of aromatic nitrogens is 1. The van der Waals surface area contributed by atoms with Crippen molar-refractivity contribution in [2.45, 2.75) is 11.9 Å². The lowest BCUT2D eigenvalue weighted by atomic mass is 10.2. The van der Waals surface area contributed by atoms with E-state index < -0.39 is 22.5 Å². The van der Waals surface area contributed by atoms with Gasteiger partial charge in [0.15, 0.2) is 34.5 Å². The number of aryl methyl sites for hydroxylation is 1. The zero-order valence-corrected chi connectivity index (χ0v) is 19.1. The van der Waals surface area contributed by atoms with Crippen LogP contribution in [0.3, 0.4) is 0 Å². The topological polar surface area (TPSA) is 129 Å². The fourth-order valence-corrected chi connectivity index (χ4v) is 3.46. The molecule has 0 fully saturated rings. The fraction of sp³-hybridized carbons (Fsp3) is 0.0909. The summed E-state index contributed by atoms with van der Waals surface area (Å²) in [6.45, 7) is 15.4. The minimum absolute atomic E-state index is 0.148. The normalized spacial score (nSPS) is 10.6. The average Bonchev–Trinajstić information content (AvgIpc) is 2.78. The molecule has 1 aromatic heterocycles. The van der Waals surface area contributed by atoms with E-state index in [1.807, 2.05) is 0 Å². The molecule has 0 aliphatic rings. The Morgan fingerprint density at radius 3 is 2.47 bits per heavy atom. The molecule has 0 bridgehead atoms. The molecular formula is C22H16ClN5O5S. The van der Waals surface area contributed by atoms with Gasteiger partial charge in [0.2, 0.25) is 0 Å². The second-order valence-electron chi connectivity index (χ2n) is 6.77. The molecule has 1 amide bonds. The molecule has 12 heteroatoms. The molecule has 1 heterocycles. The van der Waals surface area contributed by atoms with Crippen molar-refractivity contribution >= 4 is 44.6 Å². The zero-order chi connectivity index (χ0) is 24.9. The van der Waals surface area contributed by atoms with Gasteiger partial charge in [-0.3, -0.25) is 4.79 Å². The first-order chi connectivity index (χ1) is 16.1. The van der Waals surface area contributed by atoms with Crippen LogP contribution in [0.15, 0.2) is 53.6 Å². The smallest absolute Gasteiger partial charge is 0.262 e. The van der Waals surface area contributed by atoms with Gasteiger partial charge in [-0.15, -0.1) is 0 Å². The summed E-state index contributed by atoms with van der Waals surface area (Å²) in [5, 5.41) is 7.60. The molecule has 0 atom stereocenters. The summed E-state index contributed by atoms with van der Waals surface area (Å²) < 4.78 is 34.2. The molecule has 172 valence electrons.